The Labute approximate surface area is 108 Å². The topological polar surface area (TPSA) is 62.7 Å². The van der Waals surface area contributed by atoms with Gasteiger partial charge in [-0.05, 0) is 6.07 Å². The second kappa shape index (κ2) is 5.75. The van der Waals surface area contributed by atoms with E-state index in [0.29, 0.717) is 13.2 Å². The first kappa shape index (κ1) is 13.4. The van der Waals surface area contributed by atoms with E-state index in [-0.39, 0.29) is 11.5 Å². The molecule has 1 atom stereocenters. The SMILES string of the molecule is COCCN=C1NC(=O)C(c2ccc(F)cc2F)N1. The molecular formula is C12H13F2N3O2. The highest BCUT2D eigenvalue weighted by Crippen LogP contribution is 2.20. The Kier molecular flexibility index (Phi) is 4.06. The molecule has 0 aliphatic carbocycles. The largest absolute Gasteiger partial charge is 0.383 e. The summed E-state index contributed by atoms with van der Waals surface area (Å²) >= 11 is 0. The van der Waals surface area contributed by atoms with Crippen LogP contribution in [0.3, 0.4) is 0 Å². The first-order chi connectivity index (χ1) is 9.11. The third kappa shape index (κ3) is 3.05. The first-order valence-corrected chi connectivity index (χ1v) is 5.67. The molecule has 1 unspecified atom stereocenters. The van der Waals surface area contributed by atoms with Gasteiger partial charge in [0.2, 0.25) is 0 Å². The smallest absolute Gasteiger partial charge is 0.254 e. The van der Waals surface area contributed by atoms with E-state index in [4.69, 9.17) is 4.74 Å². The zero-order valence-corrected chi connectivity index (χ0v) is 10.2. The van der Waals surface area contributed by atoms with Crippen LogP contribution in [0.25, 0.3) is 0 Å². The lowest BCUT2D eigenvalue weighted by Crippen LogP contribution is -2.26. The third-order valence-corrected chi connectivity index (χ3v) is 2.62. The molecule has 1 aromatic carbocycles. The summed E-state index contributed by atoms with van der Waals surface area (Å²) in [6.07, 6.45) is 0. The lowest BCUT2D eigenvalue weighted by molar-refractivity contribution is -0.120. The minimum Gasteiger partial charge on any atom is -0.383 e. The van der Waals surface area contributed by atoms with Gasteiger partial charge in [-0.2, -0.15) is 0 Å². The Morgan fingerprint density at radius 3 is 2.89 bits per heavy atom. The molecule has 1 amide bonds. The van der Waals surface area contributed by atoms with E-state index in [1.54, 1.807) is 0 Å². The number of carbonyl (C=O) groups excluding carboxylic acids is 1. The zero-order valence-electron chi connectivity index (χ0n) is 10.2. The molecule has 0 spiro atoms. The minimum atomic E-state index is -0.901. The summed E-state index contributed by atoms with van der Waals surface area (Å²) in [5, 5.41) is 5.23. The lowest BCUT2D eigenvalue weighted by atomic mass is 10.1. The number of guanidine groups is 1. The van der Waals surface area contributed by atoms with Crippen LogP contribution in [0.2, 0.25) is 0 Å². The number of amides is 1. The van der Waals surface area contributed by atoms with E-state index < -0.39 is 23.6 Å². The molecule has 0 radical (unpaired) electrons. The molecule has 102 valence electrons. The van der Waals surface area contributed by atoms with Crippen LogP contribution in [-0.4, -0.2) is 32.1 Å². The van der Waals surface area contributed by atoms with Gasteiger partial charge >= 0.3 is 0 Å². The average molecular weight is 269 g/mol. The summed E-state index contributed by atoms with van der Waals surface area (Å²) in [6, 6.07) is 2.18. The second-order valence-electron chi connectivity index (χ2n) is 3.96. The average Bonchev–Trinajstić information content (AvgIpc) is 2.71. The van der Waals surface area contributed by atoms with Gasteiger partial charge in [-0.25, -0.2) is 8.78 Å². The summed E-state index contributed by atoms with van der Waals surface area (Å²) in [6.45, 7) is 0.786. The highest BCUT2D eigenvalue weighted by atomic mass is 19.1. The standard InChI is InChI=1S/C12H13F2N3O2/c1-19-5-4-15-12-16-10(11(18)17-12)8-3-2-7(13)6-9(8)14/h2-3,6,10H,4-5H2,1H3,(H2,15,16,17,18). The second-order valence-corrected chi connectivity index (χ2v) is 3.96. The predicted octanol–water partition coefficient (Wildman–Crippen LogP) is 0.728. The van der Waals surface area contributed by atoms with Crippen molar-refractivity contribution < 1.29 is 18.3 Å². The van der Waals surface area contributed by atoms with Crippen molar-refractivity contribution in [1.82, 2.24) is 10.6 Å². The molecule has 1 fully saturated rings. The summed E-state index contributed by atoms with van der Waals surface area (Å²) in [7, 11) is 1.54. The van der Waals surface area contributed by atoms with Gasteiger partial charge in [0, 0.05) is 18.7 Å². The normalized spacial score (nSPS) is 20.5. The van der Waals surface area contributed by atoms with E-state index in [9.17, 15) is 13.6 Å². The van der Waals surface area contributed by atoms with Crippen molar-refractivity contribution in [3.8, 4) is 0 Å². The molecule has 1 saturated heterocycles. The summed E-state index contributed by atoms with van der Waals surface area (Å²) in [5.74, 6) is -1.63. The van der Waals surface area contributed by atoms with Gasteiger partial charge in [-0.1, -0.05) is 6.07 Å². The summed E-state index contributed by atoms with van der Waals surface area (Å²) < 4.78 is 31.2. The fourth-order valence-electron chi connectivity index (χ4n) is 1.72. The number of rotatable bonds is 4. The molecule has 7 heteroatoms. The molecule has 5 nitrogen and oxygen atoms in total. The molecule has 19 heavy (non-hydrogen) atoms. The molecule has 1 aliphatic heterocycles. The monoisotopic (exact) mass is 269 g/mol. The van der Waals surface area contributed by atoms with E-state index >= 15 is 0 Å². The van der Waals surface area contributed by atoms with Gasteiger partial charge < -0.3 is 10.1 Å². The molecular weight excluding hydrogens is 256 g/mol. The maximum absolute atomic E-state index is 13.6. The Hall–Kier alpha value is -2.02. The van der Waals surface area contributed by atoms with Crippen LogP contribution in [0.4, 0.5) is 8.78 Å². The van der Waals surface area contributed by atoms with Crippen LogP contribution in [0.1, 0.15) is 11.6 Å². The number of halogens is 2. The van der Waals surface area contributed by atoms with Gasteiger partial charge in [-0.15, -0.1) is 0 Å². The Balaban J connectivity index is 2.13. The van der Waals surface area contributed by atoms with Crippen LogP contribution in [0.15, 0.2) is 23.2 Å². The number of nitrogens with zero attached hydrogens (tertiary/aromatic N) is 1. The van der Waals surface area contributed by atoms with Crippen molar-refractivity contribution in [3.63, 3.8) is 0 Å². The van der Waals surface area contributed by atoms with Crippen molar-refractivity contribution in [2.24, 2.45) is 4.99 Å². The maximum atomic E-state index is 13.6. The number of benzene rings is 1. The molecule has 2 rings (SSSR count). The first-order valence-electron chi connectivity index (χ1n) is 5.67. The minimum absolute atomic E-state index is 0.0795. The Morgan fingerprint density at radius 2 is 2.21 bits per heavy atom. The molecule has 1 heterocycles. The van der Waals surface area contributed by atoms with Crippen LogP contribution >= 0.6 is 0 Å². The summed E-state index contributed by atoms with van der Waals surface area (Å²) in [4.78, 5) is 15.7. The van der Waals surface area contributed by atoms with E-state index in [2.05, 4.69) is 15.6 Å². The van der Waals surface area contributed by atoms with Gasteiger partial charge in [0.25, 0.3) is 5.91 Å². The van der Waals surface area contributed by atoms with Gasteiger partial charge in [0.05, 0.1) is 13.2 Å². The lowest BCUT2D eigenvalue weighted by Gasteiger charge is -2.09. The number of methoxy groups -OCH3 is 1. The van der Waals surface area contributed by atoms with Crippen molar-refractivity contribution >= 4 is 11.9 Å². The number of hydrogen-bond acceptors (Lipinski definition) is 3. The van der Waals surface area contributed by atoms with Crippen molar-refractivity contribution in [1.29, 1.82) is 0 Å². The van der Waals surface area contributed by atoms with E-state index in [1.165, 1.54) is 13.2 Å². The van der Waals surface area contributed by atoms with Crippen LogP contribution in [0, 0.1) is 11.6 Å². The fraction of sp³-hybridized carbons (Fsp3) is 0.333. The van der Waals surface area contributed by atoms with Gasteiger partial charge in [-0.3, -0.25) is 15.1 Å². The number of nitrogens with one attached hydrogen (secondary N) is 2. The van der Waals surface area contributed by atoms with Crippen LogP contribution in [-0.2, 0) is 9.53 Å². The van der Waals surface area contributed by atoms with Crippen molar-refractivity contribution in [2.45, 2.75) is 6.04 Å². The quantitative estimate of drug-likeness (QED) is 0.792. The maximum Gasteiger partial charge on any atom is 0.254 e. The van der Waals surface area contributed by atoms with Crippen LogP contribution < -0.4 is 10.6 Å². The Bertz CT molecular complexity index is 520. The molecule has 1 aromatic rings. The third-order valence-electron chi connectivity index (χ3n) is 2.62. The number of ether oxygens (including phenoxy) is 1. The highest BCUT2D eigenvalue weighted by Gasteiger charge is 2.31. The molecule has 0 aromatic heterocycles. The van der Waals surface area contributed by atoms with E-state index in [0.717, 1.165) is 12.1 Å². The Morgan fingerprint density at radius 1 is 1.42 bits per heavy atom. The highest BCUT2D eigenvalue weighted by molar-refractivity contribution is 6.06. The molecule has 2 N–H and O–H groups in total. The molecule has 1 aliphatic rings. The molecule has 0 bridgehead atoms. The molecule has 0 saturated carbocycles. The number of hydrogen-bond donors (Lipinski definition) is 2. The van der Waals surface area contributed by atoms with Crippen LogP contribution in [0.5, 0.6) is 0 Å². The number of carbonyl (C=O) groups is 1. The van der Waals surface area contributed by atoms with Gasteiger partial charge in [0.1, 0.15) is 17.7 Å². The van der Waals surface area contributed by atoms with E-state index in [1.807, 2.05) is 0 Å². The number of aliphatic imine (C=N–C) groups is 1. The summed E-state index contributed by atoms with van der Waals surface area (Å²) in [5.41, 5.74) is 0.0795. The van der Waals surface area contributed by atoms with Gasteiger partial charge in [0.15, 0.2) is 5.96 Å². The van der Waals surface area contributed by atoms with Crippen molar-refractivity contribution in [2.75, 3.05) is 20.3 Å². The van der Waals surface area contributed by atoms with Crippen molar-refractivity contribution in [3.05, 3.63) is 35.4 Å². The fourth-order valence-corrected chi connectivity index (χ4v) is 1.72. The predicted molar refractivity (Wildman–Crippen MR) is 64.6 cm³/mol. The zero-order chi connectivity index (χ0) is 13.8.